The number of rotatable bonds is 4. The van der Waals surface area contributed by atoms with Crippen LogP contribution in [0, 0.1) is 0 Å². The summed E-state index contributed by atoms with van der Waals surface area (Å²) in [6, 6.07) is 11.6. The quantitative estimate of drug-likeness (QED) is 0.923. The highest BCUT2D eigenvalue weighted by Gasteiger charge is 2.33. The number of benzene rings is 1. The molecule has 0 aliphatic carbocycles. The summed E-state index contributed by atoms with van der Waals surface area (Å²) in [6.45, 7) is 0.822. The van der Waals surface area contributed by atoms with Crippen molar-refractivity contribution in [2.24, 2.45) is 0 Å². The van der Waals surface area contributed by atoms with Gasteiger partial charge in [-0.15, -0.1) is 0 Å². The number of hydrogen-bond donors (Lipinski definition) is 1. The fourth-order valence-corrected chi connectivity index (χ4v) is 2.51. The van der Waals surface area contributed by atoms with Crippen LogP contribution in [-0.2, 0) is 11.3 Å². The van der Waals surface area contributed by atoms with Crippen molar-refractivity contribution in [1.82, 2.24) is 9.47 Å². The molecule has 0 unspecified atom stereocenters. The van der Waals surface area contributed by atoms with Crippen molar-refractivity contribution < 1.29 is 19.4 Å². The van der Waals surface area contributed by atoms with Crippen LogP contribution in [-0.4, -0.2) is 39.7 Å². The number of aromatic carboxylic acids is 1. The smallest absolute Gasteiger partial charge is 0.410 e. The number of pyridine rings is 1. The number of amides is 1. The van der Waals surface area contributed by atoms with Crippen molar-refractivity contribution in [2.75, 3.05) is 13.1 Å². The van der Waals surface area contributed by atoms with E-state index in [1.807, 2.05) is 30.3 Å². The Balaban J connectivity index is 1.57. The van der Waals surface area contributed by atoms with Crippen LogP contribution < -0.4 is 5.56 Å². The molecule has 0 bridgehead atoms. The number of carbonyl (C=O) groups is 2. The summed E-state index contributed by atoms with van der Waals surface area (Å²) in [5.41, 5.74) is 0.648. The lowest BCUT2D eigenvalue weighted by Gasteiger charge is -2.39. The lowest BCUT2D eigenvalue weighted by atomic mass is 10.1. The van der Waals surface area contributed by atoms with E-state index in [1.54, 1.807) is 0 Å². The van der Waals surface area contributed by atoms with Gasteiger partial charge in [0.1, 0.15) is 6.61 Å². The normalized spacial score (nSPS) is 14.1. The van der Waals surface area contributed by atoms with Crippen molar-refractivity contribution in [3.8, 4) is 0 Å². The Morgan fingerprint density at radius 3 is 2.50 bits per heavy atom. The maximum atomic E-state index is 12.0. The first-order valence-corrected chi connectivity index (χ1v) is 7.45. The summed E-state index contributed by atoms with van der Waals surface area (Å²) in [6.07, 6.45) is 0.861. The van der Waals surface area contributed by atoms with Crippen LogP contribution in [0.1, 0.15) is 22.0 Å². The molecule has 0 atom stereocenters. The van der Waals surface area contributed by atoms with Crippen LogP contribution in [0.4, 0.5) is 4.79 Å². The highest BCUT2D eigenvalue weighted by Crippen LogP contribution is 2.21. The van der Waals surface area contributed by atoms with Gasteiger partial charge in [-0.1, -0.05) is 30.3 Å². The number of ether oxygens (including phenoxy) is 1. The molecule has 0 spiro atoms. The summed E-state index contributed by atoms with van der Waals surface area (Å²) >= 11 is 0. The van der Waals surface area contributed by atoms with Crippen LogP contribution in [0.15, 0.2) is 53.5 Å². The minimum absolute atomic E-state index is 0.0414. The van der Waals surface area contributed by atoms with E-state index < -0.39 is 12.1 Å². The van der Waals surface area contributed by atoms with Gasteiger partial charge in [0.25, 0.3) is 5.56 Å². The SMILES string of the molecule is O=C(O)c1ccc(=O)n(C2CN(C(=O)OCc3ccccc3)C2)c1. The molecule has 7 nitrogen and oxygen atoms in total. The molecule has 1 aliphatic heterocycles. The molecule has 1 aromatic heterocycles. The molecule has 0 radical (unpaired) electrons. The fraction of sp³-hybridized carbons (Fsp3) is 0.235. The summed E-state index contributed by atoms with van der Waals surface area (Å²) in [7, 11) is 0. The van der Waals surface area contributed by atoms with Gasteiger partial charge in [-0.2, -0.15) is 0 Å². The van der Waals surface area contributed by atoms with Crippen molar-refractivity contribution in [3.05, 3.63) is 70.1 Å². The second-order valence-electron chi connectivity index (χ2n) is 5.57. The maximum Gasteiger partial charge on any atom is 0.410 e. The first kappa shape index (κ1) is 15.8. The van der Waals surface area contributed by atoms with Crippen LogP contribution in [0.5, 0.6) is 0 Å². The predicted molar refractivity (Wildman–Crippen MR) is 84.9 cm³/mol. The number of carbonyl (C=O) groups excluding carboxylic acids is 1. The van der Waals surface area contributed by atoms with E-state index >= 15 is 0 Å². The number of nitrogens with zero attached hydrogens (tertiary/aromatic N) is 2. The average molecular weight is 328 g/mol. The van der Waals surface area contributed by atoms with E-state index in [0.29, 0.717) is 13.1 Å². The Labute approximate surface area is 137 Å². The number of carboxylic acids is 1. The number of likely N-dealkylation sites (tertiary alicyclic amines) is 1. The monoisotopic (exact) mass is 328 g/mol. The number of hydrogen-bond acceptors (Lipinski definition) is 4. The van der Waals surface area contributed by atoms with Gasteiger partial charge in [0, 0.05) is 25.4 Å². The Morgan fingerprint density at radius 2 is 1.83 bits per heavy atom. The molecular formula is C17H16N2O5. The van der Waals surface area contributed by atoms with Gasteiger partial charge in [0.15, 0.2) is 0 Å². The minimum Gasteiger partial charge on any atom is -0.478 e. The van der Waals surface area contributed by atoms with Crippen molar-refractivity contribution >= 4 is 12.1 Å². The van der Waals surface area contributed by atoms with E-state index in [4.69, 9.17) is 9.84 Å². The van der Waals surface area contributed by atoms with E-state index in [2.05, 4.69) is 0 Å². The van der Waals surface area contributed by atoms with Gasteiger partial charge in [-0.25, -0.2) is 9.59 Å². The Kier molecular flexibility index (Phi) is 4.33. The van der Waals surface area contributed by atoms with Gasteiger partial charge in [0.05, 0.1) is 11.6 Å². The highest BCUT2D eigenvalue weighted by atomic mass is 16.6. The Bertz CT molecular complexity index is 809. The molecule has 7 heteroatoms. The van der Waals surface area contributed by atoms with Gasteiger partial charge in [-0.3, -0.25) is 4.79 Å². The lowest BCUT2D eigenvalue weighted by Crippen LogP contribution is -2.52. The van der Waals surface area contributed by atoms with Crippen LogP contribution in [0.3, 0.4) is 0 Å². The molecule has 1 N–H and O–H groups in total. The van der Waals surface area contributed by atoms with Gasteiger partial charge < -0.3 is 19.3 Å². The molecule has 2 heterocycles. The molecule has 3 rings (SSSR count). The zero-order valence-electron chi connectivity index (χ0n) is 12.8. The van der Waals surface area contributed by atoms with Crippen LogP contribution in [0.2, 0.25) is 0 Å². The van der Waals surface area contributed by atoms with Crippen molar-refractivity contribution in [1.29, 1.82) is 0 Å². The van der Waals surface area contributed by atoms with Gasteiger partial charge in [0.2, 0.25) is 0 Å². The Hall–Kier alpha value is -3.09. The van der Waals surface area contributed by atoms with E-state index in [0.717, 1.165) is 5.56 Å². The maximum absolute atomic E-state index is 12.0. The van der Waals surface area contributed by atoms with E-state index in [9.17, 15) is 14.4 Å². The summed E-state index contributed by atoms with van der Waals surface area (Å²) < 4.78 is 6.57. The van der Waals surface area contributed by atoms with Crippen molar-refractivity contribution in [3.63, 3.8) is 0 Å². The van der Waals surface area contributed by atoms with Crippen LogP contribution >= 0.6 is 0 Å². The molecule has 1 amide bonds. The molecule has 24 heavy (non-hydrogen) atoms. The van der Waals surface area contributed by atoms with E-state index in [1.165, 1.54) is 27.8 Å². The molecular weight excluding hydrogens is 312 g/mol. The second-order valence-corrected chi connectivity index (χ2v) is 5.57. The zero-order chi connectivity index (χ0) is 17.1. The minimum atomic E-state index is -1.10. The third-order valence-corrected chi connectivity index (χ3v) is 3.90. The first-order chi connectivity index (χ1) is 11.5. The molecule has 1 fully saturated rings. The fourth-order valence-electron chi connectivity index (χ4n) is 2.51. The standard InChI is InChI=1S/C17H16N2O5/c20-15-7-6-13(16(21)22)8-19(15)14-9-18(10-14)17(23)24-11-12-4-2-1-3-5-12/h1-8,14H,9-11H2,(H,21,22). The number of aromatic nitrogens is 1. The molecule has 1 aromatic carbocycles. The summed E-state index contributed by atoms with van der Waals surface area (Å²) in [4.78, 5) is 36.3. The van der Waals surface area contributed by atoms with Crippen LogP contribution in [0.25, 0.3) is 0 Å². The summed E-state index contributed by atoms with van der Waals surface area (Å²) in [5.74, 6) is -1.10. The van der Waals surface area contributed by atoms with Gasteiger partial charge in [-0.05, 0) is 11.6 Å². The lowest BCUT2D eigenvalue weighted by molar-refractivity contribution is 0.0513. The molecule has 1 saturated heterocycles. The summed E-state index contributed by atoms with van der Waals surface area (Å²) in [5, 5.41) is 8.99. The zero-order valence-corrected chi connectivity index (χ0v) is 12.8. The first-order valence-electron chi connectivity index (χ1n) is 7.45. The molecule has 0 saturated carbocycles. The predicted octanol–water partition coefficient (Wildman–Crippen LogP) is 1.74. The largest absolute Gasteiger partial charge is 0.478 e. The Morgan fingerprint density at radius 1 is 1.12 bits per heavy atom. The van der Waals surface area contributed by atoms with E-state index in [-0.39, 0.29) is 23.8 Å². The molecule has 2 aromatic rings. The highest BCUT2D eigenvalue weighted by molar-refractivity contribution is 5.87. The third kappa shape index (κ3) is 3.29. The van der Waals surface area contributed by atoms with Crippen molar-refractivity contribution in [2.45, 2.75) is 12.6 Å². The molecule has 124 valence electrons. The molecule has 1 aliphatic rings. The average Bonchev–Trinajstić information content (AvgIpc) is 2.54. The second kappa shape index (κ2) is 6.57. The third-order valence-electron chi connectivity index (χ3n) is 3.90. The number of carboxylic acid groups (broad SMARTS) is 1. The topological polar surface area (TPSA) is 88.8 Å². The van der Waals surface area contributed by atoms with Gasteiger partial charge >= 0.3 is 12.1 Å².